The second-order valence-corrected chi connectivity index (χ2v) is 11.0. The molecule has 1 heteroatoms. The standard InChI is InChI=1S/C44H30O/c1-2-12-29(13-3-1)26-40-35-18-6-8-20-37(35)41(38-21-9-7-19-36(38)40)27-32-16-11-23-42-44(32)39-25-24-31(28-43(39)45-42)34-22-10-15-30-14-4-5-17-33(30)34/h1-25,28H,26-27H2/i1D,2D,3D,6D,7D,8D,9D,12D,13D,18D,19D,20D,21D. The monoisotopic (exact) mass is 587 g/mol. The Morgan fingerprint density at radius 1 is 0.489 bits per heavy atom. The molecule has 9 rings (SSSR count). The van der Waals surface area contributed by atoms with Gasteiger partial charge in [0.25, 0.3) is 0 Å². The van der Waals surface area contributed by atoms with Crippen LogP contribution >= 0.6 is 0 Å². The Kier molecular flexibility index (Phi) is 3.71. The number of hydrogen-bond acceptors (Lipinski definition) is 1. The lowest BCUT2D eigenvalue weighted by Gasteiger charge is -2.17. The van der Waals surface area contributed by atoms with Crippen molar-refractivity contribution in [1.29, 1.82) is 0 Å². The van der Waals surface area contributed by atoms with Crippen molar-refractivity contribution in [2.75, 3.05) is 0 Å². The van der Waals surface area contributed by atoms with Crippen molar-refractivity contribution >= 4 is 54.3 Å². The fourth-order valence-corrected chi connectivity index (χ4v) is 6.56. The lowest BCUT2D eigenvalue weighted by atomic mass is 9.86. The molecule has 45 heavy (non-hydrogen) atoms. The Morgan fingerprint density at radius 3 is 1.89 bits per heavy atom. The van der Waals surface area contributed by atoms with Gasteiger partial charge in [-0.05, 0) is 96.7 Å². The van der Waals surface area contributed by atoms with E-state index in [0.717, 1.165) is 32.7 Å². The molecule has 0 saturated heterocycles. The van der Waals surface area contributed by atoms with Gasteiger partial charge in [-0.3, -0.25) is 0 Å². The van der Waals surface area contributed by atoms with E-state index in [1.54, 1.807) is 6.07 Å². The van der Waals surface area contributed by atoms with Gasteiger partial charge in [0.2, 0.25) is 0 Å². The van der Waals surface area contributed by atoms with Crippen molar-refractivity contribution in [3.8, 4) is 11.1 Å². The smallest absolute Gasteiger partial charge is 0.136 e. The molecule has 0 N–H and O–H groups in total. The van der Waals surface area contributed by atoms with Gasteiger partial charge in [-0.15, -0.1) is 0 Å². The number of hydrogen-bond donors (Lipinski definition) is 0. The van der Waals surface area contributed by atoms with Gasteiger partial charge < -0.3 is 4.42 Å². The predicted molar refractivity (Wildman–Crippen MR) is 190 cm³/mol. The normalized spacial score (nSPS) is 15.8. The lowest BCUT2D eigenvalue weighted by molar-refractivity contribution is 0.669. The van der Waals surface area contributed by atoms with Crippen LogP contribution in [0.2, 0.25) is 0 Å². The molecule has 8 aromatic carbocycles. The molecule has 0 radical (unpaired) electrons. The van der Waals surface area contributed by atoms with E-state index in [2.05, 4.69) is 24.3 Å². The molecule has 0 aliphatic carbocycles. The topological polar surface area (TPSA) is 13.1 Å². The second kappa shape index (κ2) is 10.5. The maximum atomic E-state index is 9.25. The van der Waals surface area contributed by atoms with Crippen LogP contribution in [0.1, 0.15) is 40.1 Å². The summed E-state index contributed by atoms with van der Waals surface area (Å²) in [6.07, 6.45) is -0.516. The third kappa shape index (κ3) is 4.31. The van der Waals surface area contributed by atoms with Gasteiger partial charge in [-0.25, -0.2) is 0 Å². The quantitative estimate of drug-likeness (QED) is 0.183. The van der Waals surface area contributed by atoms with E-state index >= 15 is 0 Å². The largest absolute Gasteiger partial charge is 0.456 e. The molecule has 9 aromatic rings. The maximum Gasteiger partial charge on any atom is 0.136 e. The molecule has 0 aliphatic rings. The molecule has 0 bridgehead atoms. The summed E-state index contributed by atoms with van der Waals surface area (Å²) in [5, 5.41) is 3.59. The van der Waals surface area contributed by atoms with Gasteiger partial charge >= 0.3 is 0 Å². The van der Waals surface area contributed by atoms with E-state index < -0.39 is 85.0 Å². The summed E-state index contributed by atoms with van der Waals surface area (Å²) in [6, 6.07) is 18.7. The fourth-order valence-electron chi connectivity index (χ4n) is 6.56. The first kappa shape index (κ1) is 15.9. The first-order chi connectivity index (χ1) is 27.7. The van der Waals surface area contributed by atoms with Crippen LogP contribution in [0.3, 0.4) is 0 Å². The van der Waals surface area contributed by atoms with Gasteiger partial charge in [-0.2, -0.15) is 0 Å². The van der Waals surface area contributed by atoms with Crippen LogP contribution in [-0.2, 0) is 12.8 Å². The molecule has 1 nitrogen and oxygen atoms in total. The molecular formula is C44H30O. The summed E-state index contributed by atoms with van der Waals surface area (Å²) >= 11 is 0. The second-order valence-electron chi connectivity index (χ2n) is 11.0. The Labute approximate surface area is 280 Å². The van der Waals surface area contributed by atoms with E-state index in [0.29, 0.717) is 16.7 Å². The molecule has 1 aromatic heterocycles. The minimum absolute atomic E-state index is 0.000726. The minimum Gasteiger partial charge on any atom is -0.456 e. The van der Waals surface area contributed by atoms with Gasteiger partial charge in [-0.1, -0.05) is 139 Å². The number of fused-ring (bicyclic) bond motifs is 6. The summed E-state index contributed by atoms with van der Waals surface area (Å²) in [4.78, 5) is 0. The zero-order chi connectivity index (χ0) is 41.1. The SMILES string of the molecule is [2H]c1c([2H])c([2H])c(Cc2c3c([2H])c([2H])c([2H])c([2H])c3c(Cc3cccc4oc5cc(-c6cccc7ccccc67)ccc5c34)c3c([2H])c([2H])c([2H])c([2H])c23)c([2H])c1[2H]. The highest BCUT2D eigenvalue weighted by molar-refractivity contribution is 6.10. The van der Waals surface area contributed by atoms with E-state index in [1.807, 2.05) is 48.5 Å². The molecule has 0 aliphatic heterocycles. The van der Waals surface area contributed by atoms with Crippen LogP contribution in [0.4, 0.5) is 0 Å². The number of furan rings is 1. The third-order valence-electron chi connectivity index (χ3n) is 8.54. The first-order valence-corrected chi connectivity index (χ1v) is 14.6. The van der Waals surface area contributed by atoms with Gasteiger partial charge in [0, 0.05) is 10.8 Å². The van der Waals surface area contributed by atoms with Crippen molar-refractivity contribution in [3.05, 3.63) is 180 Å². The van der Waals surface area contributed by atoms with Crippen LogP contribution in [-0.4, -0.2) is 0 Å². The first-order valence-electron chi connectivity index (χ1n) is 21.1. The number of rotatable bonds is 5. The van der Waals surface area contributed by atoms with Crippen LogP contribution in [0.5, 0.6) is 0 Å². The zero-order valence-corrected chi connectivity index (χ0v) is 23.8. The highest BCUT2D eigenvalue weighted by Gasteiger charge is 2.18. The van der Waals surface area contributed by atoms with Gasteiger partial charge in [0.05, 0.1) is 17.8 Å². The van der Waals surface area contributed by atoms with E-state index in [1.165, 1.54) is 0 Å². The Morgan fingerprint density at radius 2 is 1.13 bits per heavy atom. The molecule has 0 amide bonds. The molecule has 212 valence electrons. The maximum absolute atomic E-state index is 9.25. The van der Waals surface area contributed by atoms with E-state index in [9.17, 15) is 5.48 Å². The van der Waals surface area contributed by atoms with Crippen molar-refractivity contribution in [1.82, 2.24) is 0 Å². The van der Waals surface area contributed by atoms with Crippen molar-refractivity contribution < 1.29 is 22.2 Å². The summed E-state index contributed by atoms with van der Waals surface area (Å²) in [5.74, 6) is 0. The molecule has 0 fully saturated rings. The highest BCUT2D eigenvalue weighted by Crippen LogP contribution is 2.40. The Balaban J connectivity index is 1.35. The van der Waals surface area contributed by atoms with Crippen LogP contribution in [0.25, 0.3) is 65.4 Å². The summed E-state index contributed by atoms with van der Waals surface area (Å²) in [6.45, 7) is 0. The third-order valence-corrected chi connectivity index (χ3v) is 8.54. The van der Waals surface area contributed by atoms with Gasteiger partial charge in [0.15, 0.2) is 0 Å². The van der Waals surface area contributed by atoms with Crippen LogP contribution in [0, 0.1) is 0 Å². The van der Waals surface area contributed by atoms with Crippen molar-refractivity contribution in [2.24, 2.45) is 0 Å². The van der Waals surface area contributed by atoms with E-state index in [-0.39, 0.29) is 44.7 Å². The van der Waals surface area contributed by atoms with Crippen molar-refractivity contribution in [3.63, 3.8) is 0 Å². The summed E-state index contributed by atoms with van der Waals surface area (Å²) in [7, 11) is 0. The van der Waals surface area contributed by atoms with Crippen LogP contribution in [0.15, 0.2) is 162 Å². The lowest BCUT2D eigenvalue weighted by Crippen LogP contribution is -1.98. The molecule has 0 spiro atoms. The molecule has 0 unspecified atom stereocenters. The molecule has 0 atom stereocenters. The average molecular weight is 588 g/mol. The predicted octanol–water partition coefficient (Wildman–Crippen LogP) is 11.9. The summed E-state index contributed by atoms with van der Waals surface area (Å²) in [5.41, 5.74) is 3.86. The zero-order valence-electron chi connectivity index (χ0n) is 36.8. The molecule has 1 heterocycles. The minimum atomic E-state index is -0.613. The Hall–Kier alpha value is -5.66. The van der Waals surface area contributed by atoms with E-state index in [4.69, 9.17) is 16.8 Å². The highest BCUT2D eigenvalue weighted by atomic mass is 16.3. The molecular weight excluding hydrogens is 544 g/mol. The van der Waals surface area contributed by atoms with Crippen molar-refractivity contribution in [2.45, 2.75) is 12.8 Å². The molecule has 0 saturated carbocycles. The Bertz CT molecular complexity index is 3160. The fraction of sp³-hybridized carbons (Fsp3) is 0.0455. The number of benzene rings is 8. The van der Waals surface area contributed by atoms with Gasteiger partial charge in [0.1, 0.15) is 11.2 Å². The summed E-state index contributed by atoms with van der Waals surface area (Å²) < 4.78 is 120. The average Bonchev–Trinajstić information content (AvgIpc) is 3.62. The van der Waals surface area contributed by atoms with Crippen LogP contribution < -0.4 is 0 Å².